The largest absolute Gasteiger partial charge is 0.471 e. The highest BCUT2D eigenvalue weighted by atomic mass is 19.4. The second-order valence-corrected chi connectivity index (χ2v) is 10.3. The monoisotopic (exact) mass is 656 g/mol. The third-order valence-corrected chi connectivity index (χ3v) is 7.12. The van der Waals surface area contributed by atoms with Crippen molar-refractivity contribution in [1.29, 1.82) is 0 Å². The lowest BCUT2D eigenvalue weighted by molar-refractivity contribution is -0.173. The summed E-state index contributed by atoms with van der Waals surface area (Å²) in [5.41, 5.74) is 10.0. The summed E-state index contributed by atoms with van der Waals surface area (Å²) >= 11 is 0. The number of rotatable bonds is 11. The normalized spacial score (nSPS) is 18.6. The Hall–Kier alpha value is -3.92. The SMILES string of the molecule is C#CF.C/C=C\C=C1/C(C)CN=C(c2cc(NCC3CCCN3CC)ccc2N)N1CC=O.CCCCNC(=O)C(F)(F)F.CF. The van der Waals surface area contributed by atoms with Gasteiger partial charge in [0, 0.05) is 54.2 Å². The molecule has 0 spiro atoms. The highest BCUT2D eigenvalue weighted by molar-refractivity contribution is 6.06. The van der Waals surface area contributed by atoms with Gasteiger partial charge in [0.1, 0.15) is 18.3 Å². The third kappa shape index (κ3) is 14.5. The molecule has 2 aliphatic rings. The number of nitrogens with zero attached hydrogens (tertiary/aromatic N) is 3. The summed E-state index contributed by atoms with van der Waals surface area (Å²) < 4.78 is 53.7. The number of halogens is 5. The van der Waals surface area contributed by atoms with Crippen LogP contribution >= 0.6 is 0 Å². The number of unbranched alkanes of at least 4 members (excludes halogenated alkanes) is 1. The molecular weight excluding hydrogens is 607 g/mol. The smallest absolute Gasteiger partial charge is 0.398 e. The number of hydrogen-bond donors (Lipinski definition) is 3. The van der Waals surface area contributed by atoms with Crippen LogP contribution in [0.15, 0.2) is 47.1 Å². The number of amides is 1. The van der Waals surface area contributed by atoms with E-state index in [9.17, 15) is 31.5 Å². The molecule has 46 heavy (non-hydrogen) atoms. The standard InChI is InChI=1S/C24H35N5O.C6H10F3NO.C2HF.CH3F/c1-4-6-9-23-18(3)16-27-24(29(23)13-14-30)21-15-19(10-11-22(21)25)26-17-20-8-7-12-28(20)5-2;1-2-3-4-10-5(11)6(7,8)9;1-2-3;1-2/h4,6,9-11,14-15,18,20,26H,5,7-8,12-13,16-17,25H2,1-3H3;2-4H2,1H3,(H,10,11);1H;1H3/b6-4-,23-9+;;;. The van der Waals surface area contributed by atoms with Gasteiger partial charge in [-0.3, -0.25) is 19.1 Å². The van der Waals surface area contributed by atoms with Gasteiger partial charge >= 0.3 is 12.1 Å². The van der Waals surface area contributed by atoms with E-state index in [1.165, 1.54) is 19.4 Å². The van der Waals surface area contributed by atoms with Crippen molar-refractivity contribution in [2.24, 2.45) is 10.9 Å². The van der Waals surface area contributed by atoms with Crippen molar-refractivity contribution >= 4 is 29.4 Å². The number of anilines is 2. The molecule has 258 valence electrons. The molecule has 0 aliphatic carbocycles. The van der Waals surface area contributed by atoms with E-state index < -0.39 is 12.1 Å². The molecule has 13 heteroatoms. The molecule has 4 N–H and O–H groups in total. The van der Waals surface area contributed by atoms with Crippen LogP contribution in [-0.4, -0.2) is 86.5 Å². The number of carbonyl (C=O) groups is 2. The van der Waals surface area contributed by atoms with Crippen LogP contribution in [0.25, 0.3) is 0 Å². The summed E-state index contributed by atoms with van der Waals surface area (Å²) in [7, 11) is 0.500. The Morgan fingerprint density at radius 2 is 1.93 bits per heavy atom. The molecule has 1 aromatic carbocycles. The van der Waals surface area contributed by atoms with E-state index in [1.54, 1.807) is 5.32 Å². The number of carbonyl (C=O) groups excluding carboxylic acids is 2. The summed E-state index contributed by atoms with van der Waals surface area (Å²) in [6.07, 6.45) is 10.8. The van der Waals surface area contributed by atoms with E-state index in [2.05, 4.69) is 42.6 Å². The molecule has 0 saturated carbocycles. The average molecular weight is 657 g/mol. The Labute approximate surface area is 270 Å². The van der Waals surface area contributed by atoms with Gasteiger partial charge in [0.2, 0.25) is 0 Å². The second-order valence-electron chi connectivity index (χ2n) is 10.3. The minimum atomic E-state index is -4.74. The molecule has 3 rings (SSSR count). The molecule has 2 heterocycles. The van der Waals surface area contributed by atoms with Crippen LogP contribution in [0, 0.1) is 18.5 Å². The zero-order valence-corrected chi connectivity index (χ0v) is 27.5. The molecule has 1 aromatic rings. The minimum absolute atomic E-state index is 0.0921. The number of likely N-dealkylation sites (N-methyl/N-ethyl adjacent to an activating group) is 1. The summed E-state index contributed by atoms with van der Waals surface area (Å²) in [6.45, 7) is 12.4. The molecule has 0 radical (unpaired) electrons. The van der Waals surface area contributed by atoms with Crippen molar-refractivity contribution in [2.45, 2.75) is 65.6 Å². The zero-order valence-electron chi connectivity index (χ0n) is 27.5. The Bertz CT molecular complexity index is 1180. The van der Waals surface area contributed by atoms with Gasteiger partial charge in [-0.25, -0.2) is 0 Å². The number of amidine groups is 1. The number of allylic oxidation sites excluding steroid dienone is 3. The number of nitrogen functional groups attached to an aromatic ring is 1. The fourth-order valence-corrected chi connectivity index (χ4v) is 4.85. The fraction of sp³-hybridized carbons (Fsp3) is 0.545. The van der Waals surface area contributed by atoms with Crippen molar-refractivity contribution < 1.29 is 31.5 Å². The van der Waals surface area contributed by atoms with Gasteiger partial charge in [-0.2, -0.15) is 13.2 Å². The molecule has 1 fully saturated rings. The van der Waals surface area contributed by atoms with Crippen LogP contribution in [0.3, 0.4) is 0 Å². The first-order chi connectivity index (χ1) is 22.0. The number of likely N-dealkylation sites (tertiary alicyclic amines) is 1. The van der Waals surface area contributed by atoms with E-state index in [4.69, 9.17) is 10.7 Å². The van der Waals surface area contributed by atoms with Crippen molar-refractivity contribution in [1.82, 2.24) is 15.1 Å². The van der Waals surface area contributed by atoms with Gasteiger partial charge in [0.15, 0.2) is 0 Å². The molecule has 2 atom stereocenters. The van der Waals surface area contributed by atoms with Gasteiger partial charge < -0.3 is 26.1 Å². The van der Waals surface area contributed by atoms with Gasteiger partial charge in [-0.15, -0.1) is 4.39 Å². The van der Waals surface area contributed by atoms with Crippen molar-refractivity contribution in [2.75, 3.05) is 57.5 Å². The van der Waals surface area contributed by atoms with E-state index in [-0.39, 0.29) is 19.0 Å². The van der Waals surface area contributed by atoms with Gasteiger partial charge in [0.25, 0.3) is 0 Å². The highest BCUT2D eigenvalue weighted by Gasteiger charge is 2.38. The lowest BCUT2D eigenvalue weighted by Crippen LogP contribution is -2.40. The van der Waals surface area contributed by atoms with Gasteiger partial charge in [-0.05, 0) is 63.6 Å². The first-order valence-corrected chi connectivity index (χ1v) is 15.2. The predicted octanol–water partition coefficient (Wildman–Crippen LogP) is 6.12. The van der Waals surface area contributed by atoms with E-state index in [0.29, 0.717) is 31.9 Å². The first kappa shape index (κ1) is 42.1. The number of nitrogens with two attached hydrogens (primary N) is 1. The van der Waals surface area contributed by atoms with Crippen LogP contribution in [-0.2, 0) is 9.59 Å². The molecule has 2 unspecified atom stereocenters. The topological polar surface area (TPSA) is 103 Å². The Morgan fingerprint density at radius 1 is 1.26 bits per heavy atom. The maximum Gasteiger partial charge on any atom is 0.471 e. The van der Waals surface area contributed by atoms with Crippen molar-refractivity contribution in [3.63, 3.8) is 0 Å². The van der Waals surface area contributed by atoms with Crippen LogP contribution in [0.2, 0.25) is 0 Å². The lowest BCUT2D eigenvalue weighted by atomic mass is 10.0. The number of aliphatic imine (C=N–C) groups is 1. The summed E-state index contributed by atoms with van der Waals surface area (Å²) in [5, 5.41) is 5.35. The average Bonchev–Trinajstić information content (AvgIpc) is 3.50. The van der Waals surface area contributed by atoms with Gasteiger partial charge in [-0.1, -0.05) is 45.8 Å². The molecule has 1 saturated heterocycles. The van der Waals surface area contributed by atoms with Crippen molar-refractivity contribution in [3.05, 3.63) is 47.7 Å². The van der Waals surface area contributed by atoms with Crippen molar-refractivity contribution in [3.8, 4) is 12.6 Å². The fourth-order valence-electron chi connectivity index (χ4n) is 4.85. The zero-order chi connectivity index (χ0) is 35.1. The summed E-state index contributed by atoms with van der Waals surface area (Å²) in [6, 6.07) is 6.60. The maximum atomic E-state index is 11.5. The predicted molar refractivity (Wildman–Crippen MR) is 177 cm³/mol. The number of alkyl halides is 4. The van der Waals surface area contributed by atoms with Gasteiger partial charge in [0.05, 0.1) is 13.7 Å². The minimum Gasteiger partial charge on any atom is -0.398 e. The van der Waals surface area contributed by atoms with Crippen LogP contribution in [0.1, 0.15) is 58.9 Å². The molecule has 2 aliphatic heterocycles. The molecule has 0 aromatic heterocycles. The van der Waals surface area contributed by atoms with E-state index in [1.807, 2.05) is 43.0 Å². The summed E-state index contributed by atoms with van der Waals surface area (Å²) in [4.78, 5) is 30.9. The van der Waals surface area contributed by atoms with Crippen LogP contribution in [0.4, 0.5) is 33.3 Å². The molecule has 1 amide bonds. The molecular formula is C33H49F5N6O2. The number of nitrogens with one attached hydrogen (secondary N) is 2. The third-order valence-electron chi connectivity index (χ3n) is 7.12. The first-order valence-electron chi connectivity index (χ1n) is 15.2. The Morgan fingerprint density at radius 3 is 2.50 bits per heavy atom. The van der Waals surface area contributed by atoms with Crippen LogP contribution in [0.5, 0.6) is 0 Å². The quantitative estimate of drug-likeness (QED) is 0.0873. The number of terminal acetylenes is 1. The molecule has 8 nitrogen and oxygen atoms in total. The van der Waals surface area contributed by atoms with E-state index >= 15 is 0 Å². The number of benzene rings is 1. The Balaban J connectivity index is 0.00000106. The number of hydrogen-bond acceptors (Lipinski definition) is 7. The number of aldehydes is 1. The second kappa shape index (κ2) is 23.4. The lowest BCUT2D eigenvalue weighted by Gasteiger charge is -2.34. The maximum absolute atomic E-state index is 11.5. The van der Waals surface area contributed by atoms with E-state index in [0.717, 1.165) is 54.8 Å². The highest BCUT2D eigenvalue weighted by Crippen LogP contribution is 2.29. The Kier molecular flexibility index (Phi) is 21.4. The van der Waals surface area contributed by atoms with Crippen LogP contribution < -0.4 is 16.4 Å². The summed E-state index contributed by atoms with van der Waals surface area (Å²) in [5.74, 6) is -0.839. The molecule has 0 bridgehead atoms.